The molecule has 0 saturated heterocycles. The number of rotatable bonds is 27. The second-order valence-corrected chi connectivity index (χ2v) is 15.9. The van der Waals surface area contributed by atoms with Gasteiger partial charge < -0.3 is 67.5 Å². The van der Waals surface area contributed by atoms with Crippen molar-refractivity contribution in [2.24, 2.45) is 17.4 Å². The zero-order valence-electron chi connectivity index (χ0n) is 38.4. The molecule has 24 nitrogen and oxygen atoms in total. The molecule has 0 aliphatic carbocycles. The molecule has 1 aromatic carbocycles. The lowest BCUT2D eigenvalue weighted by molar-refractivity contribution is -0.131. The summed E-state index contributed by atoms with van der Waals surface area (Å²) in [7, 11) is 3.89. The fraction of sp³-hybridized carbons (Fsp3) is 0.488. The van der Waals surface area contributed by atoms with Gasteiger partial charge in [0.1, 0.15) is 30.8 Å². The highest BCUT2D eigenvalue weighted by molar-refractivity contribution is 5.99. The Labute approximate surface area is 387 Å². The van der Waals surface area contributed by atoms with Crippen LogP contribution < -0.4 is 58.5 Å². The van der Waals surface area contributed by atoms with E-state index in [0.717, 1.165) is 6.54 Å². The first-order valence-electron chi connectivity index (χ1n) is 21.9. The summed E-state index contributed by atoms with van der Waals surface area (Å²) in [5.74, 6) is -1.88. The van der Waals surface area contributed by atoms with E-state index in [0.29, 0.717) is 48.7 Å². The van der Waals surface area contributed by atoms with Crippen LogP contribution in [0.1, 0.15) is 64.0 Å². The molecule has 0 aliphatic heterocycles. The number of anilines is 2. The van der Waals surface area contributed by atoms with Gasteiger partial charge in [0.15, 0.2) is 11.5 Å². The van der Waals surface area contributed by atoms with E-state index >= 15 is 0 Å². The van der Waals surface area contributed by atoms with Crippen molar-refractivity contribution in [3.05, 3.63) is 64.2 Å². The zero-order valence-corrected chi connectivity index (χ0v) is 38.4. The maximum atomic E-state index is 13.3. The van der Waals surface area contributed by atoms with E-state index in [4.69, 9.17) is 25.7 Å². The van der Waals surface area contributed by atoms with E-state index in [1.165, 1.54) is 4.57 Å². The number of primary amides is 1. The molecule has 0 radical (unpaired) electrons. The number of hydrogen-bond acceptors (Lipinski definition) is 15. The van der Waals surface area contributed by atoms with Crippen LogP contribution in [0.3, 0.4) is 0 Å². The van der Waals surface area contributed by atoms with Gasteiger partial charge in [0.25, 0.3) is 0 Å². The molecule has 364 valence electrons. The number of nitrogens with two attached hydrogens (primary N) is 2. The lowest BCUT2D eigenvalue weighted by Gasteiger charge is -2.25. The summed E-state index contributed by atoms with van der Waals surface area (Å²) in [5, 5.41) is 15.8. The van der Waals surface area contributed by atoms with Crippen molar-refractivity contribution >= 4 is 58.4 Å². The number of amides is 7. The average molecular weight is 935 g/mol. The topological polar surface area (TPSA) is 334 Å². The Hall–Kier alpha value is -7.34. The number of imidazole rings is 1. The Morgan fingerprint density at radius 1 is 0.866 bits per heavy atom. The lowest BCUT2D eigenvalue weighted by atomic mass is 10.0. The second kappa shape index (κ2) is 26.6. The predicted octanol–water partition coefficient (Wildman–Crippen LogP) is 0.909. The first kappa shape index (κ1) is 52.3. The minimum Gasteiger partial charge on any atom is -0.476 e. The minimum atomic E-state index is -1.03. The highest BCUT2D eigenvalue weighted by Gasteiger charge is 2.29. The van der Waals surface area contributed by atoms with Crippen LogP contribution in [0.25, 0.3) is 11.2 Å². The maximum Gasteiger partial charge on any atom is 0.407 e. The molecule has 2 atom stereocenters. The van der Waals surface area contributed by atoms with Gasteiger partial charge in [-0.25, -0.2) is 19.4 Å². The molecule has 3 aromatic heterocycles. The van der Waals surface area contributed by atoms with Gasteiger partial charge >= 0.3 is 23.8 Å². The Kier molecular flexibility index (Phi) is 20.7. The fourth-order valence-corrected chi connectivity index (χ4v) is 6.17. The first-order valence-corrected chi connectivity index (χ1v) is 21.9. The lowest BCUT2D eigenvalue weighted by Crippen LogP contribution is -2.55. The third-order valence-electron chi connectivity index (χ3n) is 9.72. The van der Waals surface area contributed by atoms with E-state index < -0.39 is 53.5 Å². The normalized spacial score (nSPS) is 11.9. The van der Waals surface area contributed by atoms with Crippen LogP contribution in [0.2, 0.25) is 0 Å². The summed E-state index contributed by atoms with van der Waals surface area (Å²) in [6.07, 6.45) is 2.24. The molecule has 0 saturated carbocycles. The molecule has 67 heavy (non-hydrogen) atoms. The largest absolute Gasteiger partial charge is 0.476 e. The number of pyridine rings is 1. The van der Waals surface area contributed by atoms with Crippen LogP contribution in [0, 0.1) is 5.92 Å². The fourth-order valence-electron chi connectivity index (χ4n) is 6.17. The van der Waals surface area contributed by atoms with Gasteiger partial charge in [-0.3, -0.25) is 23.7 Å². The molecule has 0 bridgehead atoms. The molecule has 0 spiro atoms. The summed E-state index contributed by atoms with van der Waals surface area (Å²) >= 11 is 0. The number of aromatic nitrogens is 5. The van der Waals surface area contributed by atoms with Crippen molar-refractivity contribution in [2.45, 2.75) is 78.1 Å². The number of aromatic amines is 1. The number of carbonyl (C=O) groups excluding carboxylic acids is 6. The van der Waals surface area contributed by atoms with E-state index in [-0.39, 0.29) is 81.0 Å². The molecule has 0 fully saturated rings. The van der Waals surface area contributed by atoms with Gasteiger partial charge in [0, 0.05) is 44.0 Å². The van der Waals surface area contributed by atoms with Gasteiger partial charge in [0.05, 0.1) is 19.7 Å². The second-order valence-electron chi connectivity index (χ2n) is 15.9. The monoisotopic (exact) mass is 934 g/mol. The van der Waals surface area contributed by atoms with Crippen LogP contribution in [0.4, 0.5) is 21.1 Å². The molecule has 3 heterocycles. The van der Waals surface area contributed by atoms with Crippen molar-refractivity contribution in [3.63, 3.8) is 0 Å². The molecule has 4 aromatic rings. The van der Waals surface area contributed by atoms with Crippen molar-refractivity contribution in [2.75, 3.05) is 64.1 Å². The summed E-state index contributed by atoms with van der Waals surface area (Å²) in [5.41, 5.74) is 12.2. The number of urea groups is 1. The molecule has 0 aliphatic rings. The van der Waals surface area contributed by atoms with Crippen LogP contribution in [0.15, 0.2) is 47.4 Å². The number of carbonyl (C=O) groups is 6. The summed E-state index contributed by atoms with van der Waals surface area (Å²) < 4.78 is 18.1. The smallest absolute Gasteiger partial charge is 0.407 e. The highest BCUT2D eigenvalue weighted by Crippen LogP contribution is 2.22. The number of alkyl carbamates (subject to hydrolysis) is 1. The number of ether oxygens (including phenoxy) is 3. The van der Waals surface area contributed by atoms with Gasteiger partial charge in [-0.1, -0.05) is 39.0 Å². The Bertz CT molecular complexity index is 2340. The van der Waals surface area contributed by atoms with Crippen LogP contribution in [0.5, 0.6) is 11.9 Å². The third kappa shape index (κ3) is 17.5. The Balaban J connectivity index is 1.27. The van der Waals surface area contributed by atoms with Crippen LogP contribution in [-0.4, -0.2) is 131 Å². The summed E-state index contributed by atoms with van der Waals surface area (Å²) in [4.78, 5) is 106. The molecule has 24 heteroatoms. The Morgan fingerprint density at radius 2 is 1.60 bits per heavy atom. The number of nitrogens with one attached hydrogen (secondary N) is 7. The standard InChI is InChI=1S/C43H62N14O10/c1-6-20-66-41-54-36(35-37(55-41)57(42(63)53-35)24-28-13-16-33(48-23-28)65-21-19-56(4)5)52-31(58)10-8-18-47-43(64)67-25-27-11-14-29(15-12-27)49-38(60)30(9-7-17-46-40(45)62)50-39(61)34(26(2)3)51-32(59)22-44/h11-16,23,26,30,34H,6-10,17-22,24-25,44H2,1-5H3,(H,47,64)(H,49,60)(H,50,61)(H,51,59)(H,53,63)(H3,45,46,62)(H,52,54,55,58)/t30-,34?/m0/s1. The number of fused-ring (bicyclic) bond motifs is 1. The number of benzene rings is 1. The van der Waals surface area contributed by atoms with Crippen molar-refractivity contribution in [1.29, 1.82) is 0 Å². The number of nitrogens with zero attached hydrogens (tertiary/aromatic N) is 5. The average Bonchev–Trinajstić information content (AvgIpc) is 3.60. The van der Waals surface area contributed by atoms with Crippen molar-refractivity contribution in [1.82, 2.24) is 50.7 Å². The zero-order chi connectivity index (χ0) is 48.9. The summed E-state index contributed by atoms with van der Waals surface area (Å²) in [6, 6.07) is 7.25. The maximum absolute atomic E-state index is 13.3. The van der Waals surface area contributed by atoms with Gasteiger partial charge in [-0.2, -0.15) is 9.97 Å². The minimum absolute atomic E-state index is 0.0123. The first-order chi connectivity index (χ1) is 32.1. The van der Waals surface area contributed by atoms with Crippen molar-refractivity contribution < 1.29 is 43.0 Å². The quantitative estimate of drug-likeness (QED) is 0.0375. The molecule has 1 unspecified atom stereocenters. The van der Waals surface area contributed by atoms with E-state index in [9.17, 15) is 33.6 Å². The molecular formula is C43H62N14O10. The van der Waals surface area contributed by atoms with Gasteiger partial charge in [0.2, 0.25) is 29.5 Å². The highest BCUT2D eigenvalue weighted by atomic mass is 16.5. The Morgan fingerprint density at radius 3 is 2.25 bits per heavy atom. The van der Waals surface area contributed by atoms with E-state index in [1.807, 2.05) is 25.9 Å². The van der Waals surface area contributed by atoms with Gasteiger partial charge in [-0.05, 0) is 69.0 Å². The van der Waals surface area contributed by atoms with Gasteiger partial charge in [-0.15, -0.1) is 0 Å². The molecule has 11 N–H and O–H groups in total. The third-order valence-corrected chi connectivity index (χ3v) is 9.72. The summed E-state index contributed by atoms with van der Waals surface area (Å²) in [6.45, 7) is 6.87. The van der Waals surface area contributed by atoms with E-state index in [1.54, 1.807) is 56.4 Å². The van der Waals surface area contributed by atoms with Crippen molar-refractivity contribution in [3.8, 4) is 11.9 Å². The van der Waals surface area contributed by atoms with Crippen LogP contribution >= 0.6 is 0 Å². The van der Waals surface area contributed by atoms with E-state index in [2.05, 4.69) is 51.8 Å². The predicted molar refractivity (Wildman–Crippen MR) is 247 cm³/mol. The number of hydrogen-bond donors (Lipinski definition) is 9. The molecule has 7 amide bonds. The number of H-pyrrole nitrogens is 1. The van der Waals surface area contributed by atoms with Crippen LogP contribution in [-0.2, 0) is 37.1 Å². The SMILES string of the molecule is CCCOc1nc(NC(=O)CCCNC(=O)OCc2ccc(NC(=O)[C@H](CCCNC(N)=O)NC(=O)C(NC(=O)CN)C(C)C)cc2)c2[nH]c(=O)n(Cc3ccc(OCCN(C)C)nc3)c2n1. The number of likely N-dealkylation sites (N-methyl/N-ethyl adjacent to an activating group) is 1. The molecule has 4 rings (SSSR count). The molecular weight excluding hydrogens is 873 g/mol.